The predicted octanol–water partition coefficient (Wildman–Crippen LogP) is 3.14. The van der Waals surface area contributed by atoms with Crippen molar-refractivity contribution < 1.29 is 13.2 Å². The highest BCUT2D eigenvalue weighted by Crippen LogP contribution is 2.25. The number of halogens is 1. The zero-order valence-corrected chi connectivity index (χ0v) is 14.8. The van der Waals surface area contributed by atoms with Crippen LogP contribution in [0, 0.1) is 0 Å². The highest BCUT2D eigenvalue weighted by Gasteiger charge is 2.36. The molecule has 1 amide bonds. The molecule has 0 radical (unpaired) electrons. The quantitative estimate of drug-likeness (QED) is 0.804. The molecule has 23 heavy (non-hydrogen) atoms. The van der Waals surface area contributed by atoms with Crippen LogP contribution in [0.15, 0.2) is 64.0 Å². The molecule has 120 valence electrons. The number of rotatable bonds is 3. The molecule has 0 spiro atoms. The maximum absolute atomic E-state index is 12.6. The van der Waals surface area contributed by atoms with Gasteiger partial charge in [0, 0.05) is 23.1 Å². The molecule has 1 unspecified atom stereocenters. The van der Waals surface area contributed by atoms with E-state index in [1.54, 1.807) is 53.4 Å². The Bertz CT molecular complexity index is 821. The van der Waals surface area contributed by atoms with E-state index in [9.17, 15) is 13.2 Å². The molecule has 3 rings (SSSR count). The van der Waals surface area contributed by atoms with Gasteiger partial charge >= 0.3 is 0 Å². The Morgan fingerprint density at radius 3 is 2.52 bits per heavy atom. The normalized spacial score (nSPS) is 18.1. The smallest absolute Gasteiger partial charge is 0.253 e. The molecule has 1 aliphatic heterocycles. The third-order valence-electron chi connectivity index (χ3n) is 4.01. The van der Waals surface area contributed by atoms with Gasteiger partial charge in [0.15, 0.2) is 9.84 Å². The van der Waals surface area contributed by atoms with Gasteiger partial charge in [0.25, 0.3) is 5.91 Å². The van der Waals surface area contributed by atoms with E-state index in [4.69, 9.17) is 0 Å². The second-order valence-electron chi connectivity index (χ2n) is 5.53. The van der Waals surface area contributed by atoms with Crippen molar-refractivity contribution in [3.05, 3.63) is 64.6 Å². The van der Waals surface area contributed by atoms with Crippen LogP contribution in [0.25, 0.3) is 0 Å². The third-order valence-corrected chi connectivity index (χ3v) is 6.70. The summed E-state index contributed by atoms with van der Waals surface area (Å²) in [4.78, 5) is 14.5. The van der Waals surface area contributed by atoms with E-state index in [1.807, 2.05) is 6.07 Å². The van der Waals surface area contributed by atoms with Gasteiger partial charge in [-0.25, -0.2) is 8.42 Å². The van der Waals surface area contributed by atoms with Crippen molar-refractivity contribution in [2.24, 2.45) is 0 Å². The van der Waals surface area contributed by atoms with Gasteiger partial charge in [-0.05, 0) is 36.8 Å². The molecule has 2 aromatic rings. The van der Waals surface area contributed by atoms with Crippen LogP contribution in [-0.4, -0.2) is 37.6 Å². The van der Waals surface area contributed by atoms with E-state index in [0.29, 0.717) is 23.4 Å². The summed E-state index contributed by atoms with van der Waals surface area (Å²) in [6, 6.07) is 15.6. The maximum atomic E-state index is 12.6. The monoisotopic (exact) mass is 393 g/mol. The summed E-state index contributed by atoms with van der Waals surface area (Å²) in [7, 11) is -3.40. The summed E-state index contributed by atoms with van der Waals surface area (Å²) in [6.07, 6.45) is 0.469. The van der Waals surface area contributed by atoms with Crippen LogP contribution >= 0.6 is 15.9 Å². The van der Waals surface area contributed by atoms with Crippen molar-refractivity contribution >= 4 is 31.7 Å². The van der Waals surface area contributed by atoms with Gasteiger partial charge in [-0.3, -0.25) is 4.79 Å². The molecule has 0 N–H and O–H groups in total. The summed E-state index contributed by atoms with van der Waals surface area (Å²) in [6.45, 7) is 0.699. The van der Waals surface area contributed by atoms with Crippen LogP contribution in [0.5, 0.6) is 0 Å². The number of sulfone groups is 1. The molecule has 1 saturated heterocycles. The van der Waals surface area contributed by atoms with Crippen molar-refractivity contribution in [1.29, 1.82) is 0 Å². The fourth-order valence-electron chi connectivity index (χ4n) is 2.77. The van der Waals surface area contributed by atoms with Crippen molar-refractivity contribution in [3.63, 3.8) is 0 Å². The lowest BCUT2D eigenvalue weighted by Gasteiger charge is -2.17. The van der Waals surface area contributed by atoms with E-state index in [-0.39, 0.29) is 12.5 Å². The average Bonchev–Trinajstić information content (AvgIpc) is 3.06. The third kappa shape index (κ3) is 3.33. The number of nitrogens with zero attached hydrogens (tertiary/aromatic N) is 1. The average molecular weight is 394 g/mol. The minimum atomic E-state index is -3.40. The van der Waals surface area contributed by atoms with Crippen molar-refractivity contribution in [2.75, 3.05) is 13.1 Å². The number of likely N-dealkylation sites (tertiary alicyclic amines) is 1. The van der Waals surface area contributed by atoms with E-state index < -0.39 is 15.1 Å². The first kappa shape index (κ1) is 16.2. The molecule has 1 heterocycles. The molecular weight excluding hydrogens is 378 g/mol. The minimum absolute atomic E-state index is 0.128. The van der Waals surface area contributed by atoms with E-state index in [2.05, 4.69) is 15.9 Å². The molecule has 0 aliphatic carbocycles. The van der Waals surface area contributed by atoms with Gasteiger partial charge in [0.1, 0.15) is 0 Å². The Morgan fingerprint density at radius 1 is 1.09 bits per heavy atom. The molecule has 0 aromatic heterocycles. The van der Waals surface area contributed by atoms with Gasteiger partial charge in [-0.15, -0.1) is 0 Å². The maximum Gasteiger partial charge on any atom is 0.253 e. The minimum Gasteiger partial charge on any atom is -0.337 e. The van der Waals surface area contributed by atoms with Gasteiger partial charge in [-0.1, -0.05) is 40.2 Å². The van der Waals surface area contributed by atoms with Gasteiger partial charge < -0.3 is 4.90 Å². The number of carbonyl (C=O) groups is 1. The van der Waals surface area contributed by atoms with Crippen LogP contribution in [-0.2, 0) is 9.84 Å². The lowest BCUT2D eigenvalue weighted by molar-refractivity contribution is 0.0793. The molecular formula is C17H16BrNO3S. The fraction of sp³-hybridized carbons (Fsp3) is 0.235. The number of hydrogen-bond acceptors (Lipinski definition) is 3. The lowest BCUT2D eigenvalue weighted by atomic mass is 10.2. The van der Waals surface area contributed by atoms with Gasteiger partial charge in [0.2, 0.25) is 0 Å². The molecule has 4 nitrogen and oxygen atoms in total. The first-order valence-electron chi connectivity index (χ1n) is 7.32. The Hall–Kier alpha value is -1.66. The Kier molecular flexibility index (Phi) is 4.55. The van der Waals surface area contributed by atoms with Crippen LogP contribution in [0.3, 0.4) is 0 Å². The number of benzene rings is 2. The predicted molar refractivity (Wildman–Crippen MR) is 92.1 cm³/mol. The summed E-state index contributed by atoms with van der Waals surface area (Å²) >= 11 is 3.35. The number of carbonyl (C=O) groups excluding carboxylic acids is 1. The highest BCUT2D eigenvalue weighted by molar-refractivity contribution is 9.10. The van der Waals surface area contributed by atoms with E-state index >= 15 is 0 Å². The topological polar surface area (TPSA) is 54.5 Å². The first-order valence-corrected chi connectivity index (χ1v) is 9.66. The zero-order chi connectivity index (χ0) is 16.4. The molecule has 0 saturated carbocycles. The lowest BCUT2D eigenvalue weighted by Crippen LogP contribution is -2.31. The van der Waals surface area contributed by atoms with Crippen molar-refractivity contribution in [1.82, 2.24) is 4.90 Å². The second-order valence-corrected chi connectivity index (χ2v) is 8.67. The van der Waals surface area contributed by atoms with Crippen LogP contribution in [0.1, 0.15) is 16.8 Å². The van der Waals surface area contributed by atoms with Gasteiger partial charge in [0.05, 0.1) is 10.1 Å². The van der Waals surface area contributed by atoms with E-state index in [1.165, 1.54) is 0 Å². The largest absolute Gasteiger partial charge is 0.337 e. The summed E-state index contributed by atoms with van der Waals surface area (Å²) < 4.78 is 26.1. The fourth-order valence-corrected chi connectivity index (χ4v) is 4.89. The van der Waals surface area contributed by atoms with Crippen LogP contribution < -0.4 is 0 Å². The Morgan fingerprint density at radius 2 is 1.83 bits per heavy atom. The number of hydrogen-bond donors (Lipinski definition) is 0. The molecule has 1 aliphatic rings. The van der Waals surface area contributed by atoms with Crippen LogP contribution in [0.4, 0.5) is 0 Å². The zero-order valence-electron chi connectivity index (χ0n) is 12.4. The van der Waals surface area contributed by atoms with Crippen LogP contribution in [0.2, 0.25) is 0 Å². The molecule has 0 bridgehead atoms. The second kappa shape index (κ2) is 6.45. The van der Waals surface area contributed by atoms with Crippen molar-refractivity contribution in [3.8, 4) is 0 Å². The van der Waals surface area contributed by atoms with Crippen molar-refractivity contribution in [2.45, 2.75) is 16.6 Å². The Labute approximate surface area is 144 Å². The van der Waals surface area contributed by atoms with E-state index in [0.717, 1.165) is 4.47 Å². The Balaban J connectivity index is 1.77. The summed E-state index contributed by atoms with van der Waals surface area (Å²) in [5.41, 5.74) is 0.567. The summed E-state index contributed by atoms with van der Waals surface area (Å²) in [5, 5.41) is -0.541. The first-order chi connectivity index (χ1) is 11.0. The molecule has 1 fully saturated rings. The van der Waals surface area contributed by atoms with Gasteiger partial charge in [-0.2, -0.15) is 0 Å². The SMILES string of the molecule is O=C(c1cccc(Br)c1)N1CCC(S(=O)(=O)c2ccccc2)C1. The molecule has 1 atom stereocenters. The molecule has 2 aromatic carbocycles. The number of amides is 1. The molecule has 6 heteroatoms. The summed E-state index contributed by atoms with van der Waals surface area (Å²) in [5.74, 6) is -0.128. The standard InChI is InChI=1S/C17H16BrNO3S/c18-14-6-4-5-13(11-14)17(20)19-10-9-16(12-19)23(21,22)15-7-2-1-3-8-15/h1-8,11,16H,9-10,12H2. The highest BCUT2D eigenvalue weighted by atomic mass is 79.9.